The van der Waals surface area contributed by atoms with Crippen LogP contribution in [0.2, 0.25) is 5.28 Å². The number of aromatic nitrogens is 2. The summed E-state index contributed by atoms with van der Waals surface area (Å²) < 4.78 is 11.3. The molecule has 2 aromatic rings. The van der Waals surface area contributed by atoms with Gasteiger partial charge >= 0.3 is 0 Å². The van der Waals surface area contributed by atoms with Crippen LogP contribution in [0.5, 0.6) is 5.75 Å². The standard InChI is InChI=1S/C15H16ClN3O2/c16-15-18-6-3-13(19-15)10-1-2-14(12(17)9-10)21-11-4-7-20-8-5-11/h1-3,6,9,11H,4-5,7-8,17H2. The van der Waals surface area contributed by atoms with Crippen LogP contribution in [0.15, 0.2) is 30.5 Å². The summed E-state index contributed by atoms with van der Waals surface area (Å²) in [6.45, 7) is 1.48. The minimum absolute atomic E-state index is 0.167. The maximum Gasteiger partial charge on any atom is 0.222 e. The van der Waals surface area contributed by atoms with Crippen LogP contribution in [0.4, 0.5) is 5.69 Å². The van der Waals surface area contributed by atoms with Gasteiger partial charge in [0.15, 0.2) is 0 Å². The number of nitrogens with zero attached hydrogens (tertiary/aromatic N) is 2. The largest absolute Gasteiger partial charge is 0.488 e. The molecule has 0 atom stereocenters. The number of benzene rings is 1. The molecule has 3 rings (SSSR count). The lowest BCUT2D eigenvalue weighted by atomic mass is 10.1. The van der Waals surface area contributed by atoms with Gasteiger partial charge in [-0.3, -0.25) is 0 Å². The first-order valence-electron chi connectivity index (χ1n) is 6.85. The van der Waals surface area contributed by atoms with Crippen LogP contribution in [0.3, 0.4) is 0 Å². The molecule has 110 valence electrons. The van der Waals surface area contributed by atoms with Crippen LogP contribution < -0.4 is 10.5 Å². The van der Waals surface area contributed by atoms with E-state index in [-0.39, 0.29) is 11.4 Å². The van der Waals surface area contributed by atoms with Crippen molar-refractivity contribution >= 4 is 17.3 Å². The quantitative estimate of drug-likeness (QED) is 0.697. The Morgan fingerprint density at radius 3 is 2.76 bits per heavy atom. The summed E-state index contributed by atoms with van der Waals surface area (Å²) in [7, 11) is 0. The van der Waals surface area contributed by atoms with Crippen molar-refractivity contribution in [3.05, 3.63) is 35.7 Å². The van der Waals surface area contributed by atoms with Gasteiger partial charge in [-0.2, -0.15) is 0 Å². The highest BCUT2D eigenvalue weighted by Gasteiger charge is 2.16. The lowest BCUT2D eigenvalue weighted by Gasteiger charge is -2.24. The zero-order valence-electron chi connectivity index (χ0n) is 11.5. The number of anilines is 1. The molecule has 1 aliphatic rings. The van der Waals surface area contributed by atoms with E-state index in [1.54, 1.807) is 12.3 Å². The maximum absolute atomic E-state index is 6.08. The van der Waals surface area contributed by atoms with Crippen molar-refractivity contribution in [1.29, 1.82) is 0 Å². The summed E-state index contributed by atoms with van der Waals surface area (Å²) in [5.41, 5.74) is 8.29. The predicted molar refractivity (Wildman–Crippen MR) is 81.4 cm³/mol. The number of rotatable bonds is 3. The second-order valence-corrected chi connectivity index (χ2v) is 5.23. The molecule has 1 saturated heterocycles. The van der Waals surface area contributed by atoms with Gasteiger partial charge in [0.25, 0.3) is 0 Å². The molecule has 5 nitrogen and oxygen atoms in total. The van der Waals surface area contributed by atoms with Crippen molar-refractivity contribution in [3.63, 3.8) is 0 Å². The van der Waals surface area contributed by atoms with Crippen LogP contribution >= 0.6 is 11.6 Å². The Hall–Kier alpha value is -1.85. The number of hydrogen-bond donors (Lipinski definition) is 1. The summed E-state index contributed by atoms with van der Waals surface area (Å²) in [4.78, 5) is 8.04. The molecule has 2 N–H and O–H groups in total. The highest BCUT2D eigenvalue weighted by Crippen LogP contribution is 2.29. The second kappa shape index (κ2) is 6.28. The minimum Gasteiger partial charge on any atom is -0.488 e. The number of nitrogens with two attached hydrogens (primary N) is 1. The molecular formula is C15H16ClN3O2. The number of nitrogen functional groups attached to an aromatic ring is 1. The van der Waals surface area contributed by atoms with Gasteiger partial charge in [0, 0.05) is 24.6 Å². The first kappa shape index (κ1) is 14.1. The number of hydrogen-bond acceptors (Lipinski definition) is 5. The predicted octanol–water partition coefficient (Wildman–Crippen LogP) is 2.94. The molecule has 0 bridgehead atoms. The van der Waals surface area contributed by atoms with E-state index >= 15 is 0 Å². The third-order valence-electron chi connectivity index (χ3n) is 3.39. The Bertz CT molecular complexity index is 630. The smallest absolute Gasteiger partial charge is 0.222 e. The summed E-state index contributed by atoms with van der Waals surface area (Å²) in [5.74, 6) is 0.700. The number of halogens is 1. The first-order valence-corrected chi connectivity index (χ1v) is 7.23. The summed E-state index contributed by atoms with van der Waals surface area (Å²) in [6, 6.07) is 7.42. The Kier molecular flexibility index (Phi) is 4.22. The van der Waals surface area contributed by atoms with Gasteiger partial charge in [0.2, 0.25) is 5.28 Å². The van der Waals surface area contributed by atoms with Gasteiger partial charge in [-0.05, 0) is 35.9 Å². The lowest BCUT2D eigenvalue weighted by molar-refractivity contribution is 0.0259. The SMILES string of the molecule is Nc1cc(-c2ccnc(Cl)n2)ccc1OC1CCOCC1. The summed E-state index contributed by atoms with van der Waals surface area (Å²) >= 11 is 5.80. The Morgan fingerprint density at radius 2 is 2.05 bits per heavy atom. The van der Waals surface area contributed by atoms with Crippen molar-refractivity contribution < 1.29 is 9.47 Å². The van der Waals surface area contributed by atoms with Gasteiger partial charge in [0.1, 0.15) is 11.9 Å². The maximum atomic E-state index is 6.08. The molecule has 2 heterocycles. The van der Waals surface area contributed by atoms with E-state index in [0.717, 1.165) is 37.3 Å². The van der Waals surface area contributed by atoms with Gasteiger partial charge in [-0.25, -0.2) is 9.97 Å². The third-order valence-corrected chi connectivity index (χ3v) is 3.58. The molecular weight excluding hydrogens is 290 g/mol. The van der Waals surface area contributed by atoms with E-state index < -0.39 is 0 Å². The molecule has 0 unspecified atom stereocenters. The molecule has 21 heavy (non-hydrogen) atoms. The molecule has 0 amide bonds. The van der Waals surface area contributed by atoms with Crippen molar-refractivity contribution in [2.75, 3.05) is 18.9 Å². The highest BCUT2D eigenvalue weighted by molar-refractivity contribution is 6.28. The fourth-order valence-electron chi connectivity index (χ4n) is 2.28. The van der Waals surface area contributed by atoms with Crippen LogP contribution in [0.25, 0.3) is 11.3 Å². The number of ether oxygens (including phenoxy) is 2. The molecule has 1 aromatic carbocycles. The van der Waals surface area contributed by atoms with Gasteiger partial charge in [-0.1, -0.05) is 0 Å². The van der Waals surface area contributed by atoms with Crippen molar-refractivity contribution in [2.45, 2.75) is 18.9 Å². The fourth-order valence-corrected chi connectivity index (χ4v) is 2.43. The Morgan fingerprint density at radius 1 is 1.24 bits per heavy atom. The fraction of sp³-hybridized carbons (Fsp3) is 0.333. The highest BCUT2D eigenvalue weighted by atomic mass is 35.5. The Balaban J connectivity index is 1.79. The van der Waals surface area contributed by atoms with E-state index in [9.17, 15) is 0 Å². The average Bonchev–Trinajstić information content (AvgIpc) is 2.50. The molecule has 1 aromatic heterocycles. The zero-order valence-corrected chi connectivity index (χ0v) is 12.2. The molecule has 1 aliphatic heterocycles. The van der Waals surface area contributed by atoms with Gasteiger partial charge in [0.05, 0.1) is 24.6 Å². The van der Waals surface area contributed by atoms with E-state index in [4.69, 9.17) is 26.8 Å². The van der Waals surface area contributed by atoms with Crippen LogP contribution in [0, 0.1) is 0 Å². The second-order valence-electron chi connectivity index (χ2n) is 4.89. The van der Waals surface area contributed by atoms with E-state index in [1.165, 1.54) is 0 Å². The topological polar surface area (TPSA) is 70.3 Å². The minimum atomic E-state index is 0.167. The third kappa shape index (κ3) is 3.43. The van der Waals surface area contributed by atoms with Crippen LogP contribution in [-0.2, 0) is 4.74 Å². The average molecular weight is 306 g/mol. The molecule has 0 radical (unpaired) electrons. The van der Waals surface area contributed by atoms with Crippen LogP contribution in [-0.4, -0.2) is 29.3 Å². The van der Waals surface area contributed by atoms with E-state index in [2.05, 4.69) is 9.97 Å². The van der Waals surface area contributed by atoms with E-state index in [0.29, 0.717) is 11.4 Å². The summed E-state index contributed by atoms with van der Waals surface area (Å²) in [6.07, 6.45) is 3.57. The Labute approximate surface area is 128 Å². The monoisotopic (exact) mass is 305 g/mol. The van der Waals surface area contributed by atoms with Crippen LogP contribution in [0.1, 0.15) is 12.8 Å². The lowest BCUT2D eigenvalue weighted by Crippen LogP contribution is -2.26. The normalized spacial score (nSPS) is 15.9. The summed E-state index contributed by atoms with van der Waals surface area (Å²) in [5, 5.41) is 0.216. The molecule has 0 aliphatic carbocycles. The van der Waals surface area contributed by atoms with Crippen molar-refractivity contribution in [3.8, 4) is 17.0 Å². The first-order chi connectivity index (χ1) is 10.2. The van der Waals surface area contributed by atoms with Crippen molar-refractivity contribution in [1.82, 2.24) is 9.97 Å². The van der Waals surface area contributed by atoms with Crippen molar-refractivity contribution in [2.24, 2.45) is 0 Å². The molecule has 1 fully saturated rings. The van der Waals surface area contributed by atoms with Gasteiger partial charge < -0.3 is 15.2 Å². The zero-order chi connectivity index (χ0) is 14.7. The molecule has 0 spiro atoms. The molecule has 0 saturated carbocycles. The molecule has 6 heteroatoms. The van der Waals surface area contributed by atoms with Gasteiger partial charge in [-0.15, -0.1) is 0 Å². The van der Waals surface area contributed by atoms with E-state index in [1.807, 2.05) is 18.2 Å².